The first kappa shape index (κ1) is 32.9. The number of fused-ring (bicyclic) bond motifs is 6. The average molecular weight is 724 g/mol. The minimum atomic E-state index is 1.16. The maximum Gasteiger partial charge on any atom is 0.0541 e. The van der Waals surface area contributed by atoms with E-state index in [0.717, 1.165) is 5.69 Å². The standard InChI is InChI=1S/C56H37N/c1-2-14-39(15-3-1)40-29-26-38(27-30-40)28-31-41-34-37-52(45-17-5-4-16-44(41)45)56-50-22-8-6-20-48(50)55(49-21-7-9-23-51(49)56)42-32-35-43(36-33-42)57-53-24-12-10-18-46(53)47-19-11-13-25-54(47)57/h1-37H/b31-28+. The van der Waals surface area contributed by atoms with Gasteiger partial charge < -0.3 is 4.57 Å². The summed E-state index contributed by atoms with van der Waals surface area (Å²) in [7, 11) is 0. The van der Waals surface area contributed by atoms with Gasteiger partial charge in [0.1, 0.15) is 0 Å². The molecule has 0 aliphatic rings. The highest BCUT2D eigenvalue weighted by Gasteiger charge is 2.19. The van der Waals surface area contributed by atoms with Gasteiger partial charge in [0, 0.05) is 16.5 Å². The maximum atomic E-state index is 2.39. The van der Waals surface area contributed by atoms with Crippen LogP contribution < -0.4 is 0 Å². The molecule has 10 aromatic carbocycles. The van der Waals surface area contributed by atoms with Crippen LogP contribution >= 0.6 is 0 Å². The number of para-hydroxylation sites is 2. The monoisotopic (exact) mass is 723 g/mol. The molecule has 0 spiro atoms. The van der Waals surface area contributed by atoms with Gasteiger partial charge in [-0.3, -0.25) is 0 Å². The lowest BCUT2D eigenvalue weighted by Crippen LogP contribution is -1.95. The predicted octanol–water partition coefficient (Wildman–Crippen LogP) is 15.4. The lowest BCUT2D eigenvalue weighted by atomic mass is 9.84. The van der Waals surface area contributed by atoms with Crippen molar-refractivity contribution < 1.29 is 0 Å². The molecular formula is C56H37N. The van der Waals surface area contributed by atoms with E-state index in [4.69, 9.17) is 0 Å². The first-order chi connectivity index (χ1) is 28.3. The van der Waals surface area contributed by atoms with Gasteiger partial charge in [-0.15, -0.1) is 0 Å². The Morgan fingerprint density at radius 2 is 0.737 bits per heavy atom. The fourth-order valence-electron chi connectivity index (χ4n) is 9.00. The van der Waals surface area contributed by atoms with Crippen molar-refractivity contribution in [2.45, 2.75) is 0 Å². The first-order valence-electron chi connectivity index (χ1n) is 19.7. The van der Waals surface area contributed by atoms with E-state index in [1.807, 2.05) is 0 Å². The van der Waals surface area contributed by atoms with Crippen LogP contribution in [0.3, 0.4) is 0 Å². The highest BCUT2D eigenvalue weighted by atomic mass is 15.0. The summed E-state index contributed by atoms with van der Waals surface area (Å²) in [6.07, 6.45) is 4.48. The molecule has 11 aromatic rings. The summed E-state index contributed by atoms with van der Waals surface area (Å²) in [5, 5.41) is 10.0. The van der Waals surface area contributed by atoms with E-state index in [1.165, 1.54) is 98.6 Å². The SMILES string of the molecule is C(=C\c1ccc(-c2c3ccccc3c(-c3ccc(-n4c5ccccc5c5ccccc54)cc3)c3ccccc23)c2ccccc12)/c1ccc(-c2ccccc2)cc1. The molecule has 1 nitrogen and oxygen atoms in total. The Hall–Kier alpha value is -7.48. The second-order valence-electron chi connectivity index (χ2n) is 14.8. The Bertz CT molecular complexity index is 3200. The van der Waals surface area contributed by atoms with Crippen LogP contribution in [0.1, 0.15) is 11.1 Å². The number of hydrogen-bond acceptors (Lipinski definition) is 0. The number of benzene rings is 10. The van der Waals surface area contributed by atoms with Crippen molar-refractivity contribution in [1.29, 1.82) is 0 Å². The van der Waals surface area contributed by atoms with E-state index < -0.39 is 0 Å². The highest BCUT2D eigenvalue weighted by molar-refractivity contribution is 6.24. The molecule has 266 valence electrons. The van der Waals surface area contributed by atoms with Crippen molar-refractivity contribution in [3.63, 3.8) is 0 Å². The molecule has 1 heteroatoms. The Balaban J connectivity index is 1.03. The zero-order valence-corrected chi connectivity index (χ0v) is 31.3. The number of rotatable bonds is 6. The van der Waals surface area contributed by atoms with Crippen LogP contribution in [0.4, 0.5) is 0 Å². The molecule has 57 heavy (non-hydrogen) atoms. The van der Waals surface area contributed by atoms with Gasteiger partial charge in [-0.2, -0.15) is 0 Å². The van der Waals surface area contributed by atoms with Gasteiger partial charge in [0.15, 0.2) is 0 Å². The summed E-state index contributed by atoms with van der Waals surface area (Å²) in [6.45, 7) is 0. The second kappa shape index (κ2) is 13.7. The third kappa shape index (κ3) is 5.55. The van der Waals surface area contributed by atoms with E-state index in [-0.39, 0.29) is 0 Å². The Labute approximate surface area is 332 Å². The van der Waals surface area contributed by atoms with Crippen LogP contribution in [0.25, 0.3) is 105 Å². The molecule has 0 bridgehead atoms. The molecule has 0 N–H and O–H groups in total. The van der Waals surface area contributed by atoms with Crippen molar-refractivity contribution in [2.24, 2.45) is 0 Å². The average Bonchev–Trinajstić information content (AvgIpc) is 3.62. The van der Waals surface area contributed by atoms with Crippen LogP contribution in [0, 0.1) is 0 Å². The molecule has 0 saturated heterocycles. The Kier molecular flexibility index (Phi) is 7.89. The topological polar surface area (TPSA) is 4.93 Å². The molecule has 11 rings (SSSR count). The van der Waals surface area contributed by atoms with Crippen molar-refractivity contribution in [2.75, 3.05) is 0 Å². The summed E-state index contributed by atoms with van der Waals surface area (Å²) in [6, 6.07) is 77.3. The van der Waals surface area contributed by atoms with Gasteiger partial charge >= 0.3 is 0 Å². The first-order valence-corrected chi connectivity index (χ1v) is 19.7. The van der Waals surface area contributed by atoms with Crippen molar-refractivity contribution in [3.05, 3.63) is 223 Å². The Morgan fingerprint density at radius 1 is 0.281 bits per heavy atom. The highest BCUT2D eigenvalue weighted by Crippen LogP contribution is 2.46. The van der Waals surface area contributed by atoms with E-state index in [2.05, 4.69) is 229 Å². The fraction of sp³-hybridized carbons (Fsp3) is 0. The van der Waals surface area contributed by atoms with Gasteiger partial charge in [-0.1, -0.05) is 200 Å². The van der Waals surface area contributed by atoms with Crippen LogP contribution in [0.2, 0.25) is 0 Å². The lowest BCUT2D eigenvalue weighted by Gasteiger charge is -2.19. The number of hydrogen-bond donors (Lipinski definition) is 0. The zero-order valence-electron chi connectivity index (χ0n) is 31.3. The maximum absolute atomic E-state index is 2.39. The smallest absolute Gasteiger partial charge is 0.0541 e. The number of nitrogens with zero attached hydrogens (tertiary/aromatic N) is 1. The molecule has 1 aromatic heterocycles. The van der Waals surface area contributed by atoms with E-state index >= 15 is 0 Å². The Morgan fingerprint density at radius 3 is 1.33 bits per heavy atom. The fourth-order valence-corrected chi connectivity index (χ4v) is 9.00. The minimum absolute atomic E-state index is 1.16. The van der Waals surface area contributed by atoms with Crippen LogP contribution in [0.15, 0.2) is 212 Å². The number of aromatic nitrogens is 1. The van der Waals surface area contributed by atoms with Crippen molar-refractivity contribution in [3.8, 4) is 39.1 Å². The minimum Gasteiger partial charge on any atom is -0.309 e. The summed E-state index contributed by atoms with van der Waals surface area (Å²) >= 11 is 0. The second-order valence-corrected chi connectivity index (χ2v) is 14.8. The summed E-state index contributed by atoms with van der Waals surface area (Å²) in [5.41, 5.74) is 13.4. The molecule has 0 aliphatic heterocycles. The molecule has 0 aliphatic carbocycles. The van der Waals surface area contributed by atoms with E-state index in [0.29, 0.717) is 0 Å². The molecule has 0 atom stereocenters. The van der Waals surface area contributed by atoms with Gasteiger partial charge in [0.05, 0.1) is 11.0 Å². The summed E-state index contributed by atoms with van der Waals surface area (Å²) < 4.78 is 2.39. The van der Waals surface area contributed by atoms with Gasteiger partial charge in [-0.05, 0) is 101 Å². The molecule has 1 heterocycles. The van der Waals surface area contributed by atoms with Crippen molar-refractivity contribution in [1.82, 2.24) is 4.57 Å². The zero-order chi connectivity index (χ0) is 37.7. The molecule has 0 unspecified atom stereocenters. The molecule has 0 saturated carbocycles. The largest absolute Gasteiger partial charge is 0.309 e. The van der Waals surface area contributed by atoms with Crippen molar-refractivity contribution >= 4 is 66.3 Å². The molecular weight excluding hydrogens is 687 g/mol. The van der Waals surface area contributed by atoms with Crippen LogP contribution in [-0.4, -0.2) is 4.57 Å². The molecule has 0 fully saturated rings. The summed E-state index contributed by atoms with van der Waals surface area (Å²) in [5.74, 6) is 0. The predicted molar refractivity (Wildman–Crippen MR) is 245 cm³/mol. The quantitative estimate of drug-likeness (QED) is 0.119. The molecule has 0 amide bonds. The third-order valence-corrected chi connectivity index (χ3v) is 11.6. The van der Waals surface area contributed by atoms with Crippen LogP contribution in [-0.2, 0) is 0 Å². The third-order valence-electron chi connectivity index (χ3n) is 11.6. The summed E-state index contributed by atoms with van der Waals surface area (Å²) in [4.78, 5) is 0. The van der Waals surface area contributed by atoms with E-state index in [1.54, 1.807) is 0 Å². The van der Waals surface area contributed by atoms with Gasteiger partial charge in [0.25, 0.3) is 0 Å². The van der Waals surface area contributed by atoms with Gasteiger partial charge in [0.2, 0.25) is 0 Å². The van der Waals surface area contributed by atoms with E-state index in [9.17, 15) is 0 Å². The van der Waals surface area contributed by atoms with Crippen LogP contribution in [0.5, 0.6) is 0 Å². The molecule has 0 radical (unpaired) electrons. The normalized spacial score (nSPS) is 11.8. The van der Waals surface area contributed by atoms with Gasteiger partial charge in [-0.25, -0.2) is 0 Å². The lowest BCUT2D eigenvalue weighted by molar-refractivity contribution is 1.18.